The molecule has 1 heterocycles. The third kappa shape index (κ3) is 3.55. The van der Waals surface area contributed by atoms with Crippen LogP contribution < -0.4 is 4.74 Å². The molecule has 0 fully saturated rings. The Kier molecular flexibility index (Phi) is 4.06. The van der Waals surface area contributed by atoms with Gasteiger partial charge in [0.2, 0.25) is 0 Å². The summed E-state index contributed by atoms with van der Waals surface area (Å²) in [7, 11) is 0. The molecule has 1 aromatic heterocycles. The molecule has 0 amide bonds. The first-order valence-electron chi connectivity index (χ1n) is 4.66. The van der Waals surface area contributed by atoms with Crippen LogP contribution in [0.4, 0.5) is 22.0 Å². The van der Waals surface area contributed by atoms with Crippen LogP contribution in [0.1, 0.15) is 23.4 Å². The molecule has 8 heteroatoms. The van der Waals surface area contributed by atoms with Gasteiger partial charge in [-0.05, 0) is 18.6 Å². The van der Waals surface area contributed by atoms with E-state index in [4.69, 9.17) is 5.26 Å². The first-order valence-corrected chi connectivity index (χ1v) is 4.66. The van der Waals surface area contributed by atoms with Crippen LogP contribution in [0, 0.1) is 18.3 Å². The topological polar surface area (TPSA) is 45.9 Å². The highest BCUT2D eigenvalue weighted by molar-refractivity contribution is 5.39. The maximum absolute atomic E-state index is 12.4. The van der Waals surface area contributed by atoms with Crippen molar-refractivity contribution < 1.29 is 26.7 Å². The second-order valence-electron chi connectivity index (χ2n) is 3.32. The minimum absolute atomic E-state index is 0.150. The summed E-state index contributed by atoms with van der Waals surface area (Å²) in [5.41, 5.74) is -1.29. The Morgan fingerprint density at radius 2 is 2.06 bits per heavy atom. The Balaban J connectivity index is 3.28. The van der Waals surface area contributed by atoms with Crippen molar-refractivity contribution in [3.63, 3.8) is 0 Å². The fraction of sp³-hybridized carbons (Fsp3) is 0.400. The first kappa shape index (κ1) is 14.2. The van der Waals surface area contributed by atoms with E-state index in [0.29, 0.717) is 0 Å². The number of aromatic nitrogens is 1. The fourth-order valence-electron chi connectivity index (χ4n) is 1.32. The van der Waals surface area contributed by atoms with Gasteiger partial charge in [-0.3, -0.25) is 0 Å². The number of rotatable bonds is 3. The number of alkyl halides is 5. The summed E-state index contributed by atoms with van der Waals surface area (Å²) in [5.74, 6) is -0.701. The van der Waals surface area contributed by atoms with Gasteiger partial charge in [-0.15, -0.1) is 13.2 Å². The average Bonchev–Trinajstić information content (AvgIpc) is 2.21. The Morgan fingerprint density at radius 1 is 1.44 bits per heavy atom. The Hall–Kier alpha value is -1.91. The van der Waals surface area contributed by atoms with E-state index in [0.717, 1.165) is 6.07 Å². The number of hydrogen-bond donors (Lipinski definition) is 0. The quantitative estimate of drug-likeness (QED) is 0.788. The second kappa shape index (κ2) is 5.16. The van der Waals surface area contributed by atoms with Gasteiger partial charge in [0.1, 0.15) is 5.69 Å². The number of nitriles is 1. The lowest BCUT2D eigenvalue weighted by atomic mass is 10.1. The lowest BCUT2D eigenvalue weighted by molar-refractivity contribution is -0.275. The van der Waals surface area contributed by atoms with Gasteiger partial charge in [-0.1, -0.05) is 0 Å². The highest BCUT2D eigenvalue weighted by Crippen LogP contribution is 2.31. The largest absolute Gasteiger partial charge is 0.573 e. The molecule has 0 aliphatic rings. The molecule has 0 bridgehead atoms. The lowest BCUT2D eigenvalue weighted by Gasteiger charge is -2.15. The molecule has 0 aliphatic carbocycles. The van der Waals surface area contributed by atoms with Crippen molar-refractivity contribution >= 4 is 0 Å². The van der Waals surface area contributed by atoms with Crippen molar-refractivity contribution in [2.75, 3.05) is 0 Å². The maximum Gasteiger partial charge on any atom is 0.573 e. The molecule has 0 radical (unpaired) electrons. The molecule has 1 aromatic rings. The summed E-state index contributed by atoms with van der Waals surface area (Å²) in [5, 5.41) is 8.45. The van der Waals surface area contributed by atoms with E-state index in [1.54, 1.807) is 6.07 Å². The molecule has 98 valence electrons. The zero-order valence-corrected chi connectivity index (χ0v) is 9.05. The van der Waals surface area contributed by atoms with Crippen LogP contribution in [-0.4, -0.2) is 11.3 Å². The van der Waals surface area contributed by atoms with E-state index in [1.807, 2.05) is 0 Å². The molecule has 0 saturated carbocycles. The molecular weight excluding hydrogens is 259 g/mol. The van der Waals surface area contributed by atoms with Crippen LogP contribution >= 0.6 is 0 Å². The summed E-state index contributed by atoms with van der Waals surface area (Å²) < 4.78 is 64.9. The third-order valence-electron chi connectivity index (χ3n) is 1.94. The number of ether oxygens (including phenoxy) is 1. The van der Waals surface area contributed by atoms with E-state index in [9.17, 15) is 22.0 Å². The molecule has 18 heavy (non-hydrogen) atoms. The number of pyridine rings is 1. The van der Waals surface area contributed by atoms with Crippen LogP contribution in [0.2, 0.25) is 0 Å². The summed E-state index contributed by atoms with van der Waals surface area (Å²) in [6.07, 6.45) is -8.45. The van der Waals surface area contributed by atoms with Crippen LogP contribution in [0.25, 0.3) is 0 Å². The van der Waals surface area contributed by atoms with Crippen molar-refractivity contribution in [3.8, 4) is 11.8 Å². The standard InChI is InChI=1S/C10H7F5N2O/c1-5-4-7(9(11)12)17-6(2-3-16)8(5)18-10(13,14)15/h4,9H,2H2,1H3. The minimum atomic E-state index is -4.97. The summed E-state index contributed by atoms with van der Waals surface area (Å²) >= 11 is 0. The van der Waals surface area contributed by atoms with Gasteiger partial charge in [-0.2, -0.15) is 5.26 Å². The Bertz CT molecular complexity index is 478. The first-order chi connectivity index (χ1) is 8.24. The van der Waals surface area contributed by atoms with Gasteiger partial charge in [0, 0.05) is 0 Å². The van der Waals surface area contributed by atoms with E-state index in [-0.39, 0.29) is 5.56 Å². The predicted octanol–water partition coefficient (Wildman–Crippen LogP) is 3.29. The normalized spacial score (nSPS) is 11.4. The number of nitrogens with zero attached hydrogens (tertiary/aromatic N) is 2. The van der Waals surface area contributed by atoms with E-state index in [2.05, 4.69) is 9.72 Å². The monoisotopic (exact) mass is 266 g/mol. The Morgan fingerprint density at radius 3 is 2.50 bits per heavy atom. The van der Waals surface area contributed by atoms with Crippen LogP contribution in [0.15, 0.2) is 6.07 Å². The number of hydrogen-bond acceptors (Lipinski definition) is 3. The zero-order valence-electron chi connectivity index (χ0n) is 9.05. The SMILES string of the molecule is Cc1cc(C(F)F)nc(CC#N)c1OC(F)(F)F. The molecule has 0 unspecified atom stereocenters. The highest BCUT2D eigenvalue weighted by Gasteiger charge is 2.33. The predicted molar refractivity (Wildman–Crippen MR) is 49.9 cm³/mol. The molecule has 1 rings (SSSR count). The highest BCUT2D eigenvalue weighted by atomic mass is 19.4. The second-order valence-corrected chi connectivity index (χ2v) is 3.32. The number of aryl methyl sites for hydroxylation is 1. The van der Waals surface area contributed by atoms with Crippen LogP contribution in [-0.2, 0) is 6.42 Å². The van der Waals surface area contributed by atoms with Crippen molar-refractivity contribution in [2.45, 2.75) is 26.1 Å². The molecule has 0 N–H and O–H groups in total. The van der Waals surface area contributed by atoms with Gasteiger partial charge in [0.25, 0.3) is 6.43 Å². The zero-order chi connectivity index (χ0) is 13.9. The smallest absolute Gasteiger partial charge is 0.404 e. The van der Waals surface area contributed by atoms with E-state index in [1.165, 1.54) is 6.92 Å². The Labute approximate surface area is 98.8 Å². The summed E-state index contributed by atoms with van der Waals surface area (Å²) in [4.78, 5) is 3.31. The van der Waals surface area contributed by atoms with Gasteiger partial charge in [0.05, 0.1) is 18.2 Å². The summed E-state index contributed by atoms with van der Waals surface area (Å²) in [6, 6.07) is 2.35. The van der Waals surface area contributed by atoms with Gasteiger partial charge in [0.15, 0.2) is 5.75 Å². The van der Waals surface area contributed by atoms with Crippen molar-refractivity contribution in [1.29, 1.82) is 5.26 Å². The van der Waals surface area contributed by atoms with Gasteiger partial charge < -0.3 is 4.74 Å². The van der Waals surface area contributed by atoms with E-state index < -0.39 is 36.3 Å². The fourth-order valence-corrected chi connectivity index (χ4v) is 1.32. The average molecular weight is 266 g/mol. The lowest BCUT2D eigenvalue weighted by Crippen LogP contribution is -2.19. The third-order valence-corrected chi connectivity index (χ3v) is 1.94. The maximum atomic E-state index is 12.4. The van der Waals surface area contributed by atoms with Crippen molar-refractivity contribution in [2.24, 2.45) is 0 Å². The van der Waals surface area contributed by atoms with Crippen LogP contribution in [0.5, 0.6) is 5.75 Å². The van der Waals surface area contributed by atoms with E-state index >= 15 is 0 Å². The molecule has 0 atom stereocenters. The molecular formula is C10H7F5N2O. The number of halogens is 5. The molecule has 0 aliphatic heterocycles. The summed E-state index contributed by atoms with van der Waals surface area (Å²) in [6.45, 7) is 1.18. The molecule has 3 nitrogen and oxygen atoms in total. The van der Waals surface area contributed by atoms with Crippen LogP contribution in [0.3, 0.4) is 0 Å². The molecule has 0 spiro atoms. The minimum Gasteiger partial charge on any atom is -0.404 e. The molecule has 0 aromatic carbocycles. The van der Waals surface area contributed by atoms with Gasteiger partial charge in [-0.25, -0.2) is 13.8 Å². The van der Waals surface area contributed by atoms with Crippen molar-refractivity contribution in [1.82, 2.24) is 4.98 Å². The van der Waals surface area contributed by atoms with Gasteiger partial charge >= 0.3 is 6.36 Å². The molecule has 0 saturated heterocycles. The van der Waals surface area contributed by atoms with Crippen molar-refractivity contribution in [3.05, 3.63) is 23.0 Å².